The Bertz CT molecular complexity index is 1080. The number of aromatic nitrogens is 2. The first-order valence-electron chi connectivity index (χ1n) is 12.6. The number of rotatable bonds is 12. The van der Waals surface area contributed by atoms with E-state index in [9.17, 15) is 5.11 Å². The highest BCUT2D eigenvalue weighted by atomic mass is 16.5. The van der Waals surface area contributed by atoms with Gasteiger partial charge in [-0.05, 0) is 24.6 Å². The molecule has 0 unspecified atom stereocenters. The Labute approximate surface area is 214 Å². The Balaban J connectivity index is 1.61. The minimum Gasteiger partial charge on any atom is -0.439 e. The van der Waals surface area contributed by atoms with E-state index in [1.54, 1.807) is 11.8 Å². The van der Waals surface area contributed by atoms with Crippen LogP contribution in [0.1, 0.15) is 11.1 Å². The molecule has 0 saturated carbocycles. The average molecular weight is 495 g/mol. The molecule has 1 atom stereocenters. The minimum atomic E-state index is -0.488. The molecular weight excluding hydrogens is 456 g/mol. The SMILES string of the molecule is COCCN(Cc1c(-c2ccccc2)nn(C)c1Oc1cccc(C)c1)C[C@H](O)CN1CCOCC1. The number of nitrogens with zero attached hydrogens (tertiary/aromatic N) is 4. The van der Waals surface area contributed by atoms with Crippen molar-refractivity contribution in [2.24, 2.45) is 7.05 Å². The number of benzene rings is 2. The molecule has 4 rings (SSSR count). The smallest absolute Gasteiger partial charge is 0.222 e. The van der Waals surface area contributed by atoms with Crippen LogP contribution < -0.4 is 4.74 Å². The van der Waals surface area contributed by atoms with Gasteiger partial charge in [0.25, 0.3) is 0 Å². The van der Waals surface area contributed by atoms with Gasteiger partial charge in [0.15, 0.2) is 0 Å². The molecule has 1 aliphatic heterocycles. The third-order valence-corrected chi connectivity index (χ3v) is 6.37. The highest BCUT2D eigenvalue weighted by Crippen LogP contribution is 2.34. The number of hydrogen-bond acceptors (Lipinski definition) is 7. The Hall–Kier alpha value is -2.75. The molecule has 1 aromatic heterocycles. The third kappa shape index (κ3) is 7.15. The topological polar surface area (TPSA) is 72.2 Å². The van der Waals surface area contributed by atoms with Gasteiger partial charge in [-0.3, -0.25) is 9.80 Å². The van der Waals surface area contributed by atoms with Gasteiger partial charge in [-0.25, -0.2) is 4.68 Å². The van der Waals surface area contributed by atoms with Crippen LogP contribution in [0.3, 0.4) is 0 Å². The van der Waals surface area contributed by atoms with Crippen molar-refractivity contribution in [3.05, 3.63) is 65.7 Å². The van der Waals surface area contributed by atoms with Gasteiger partial charge in [0.05, 0.1) is 31.5 Å². The zero-order valence-corrected chi connectivity index (χ0v) is 21.6. The van der Waals surface area contributed by atoms with Gasteiger partial charge in [-0.15, -0.1) is 0 Å². The Kier molecular flexibility index (Phi) is 9.49. The molecule has 0 radical (unpaired) electrons. The summed E-state index contributed by atoms with van der Waals surface area (Å²) < 4.78 is 19.1. The number of hydrogen-bond donors (Lipinski definition) is 1. The van der Waals surface area contributed by atoms with Gasteiger partial charge in [0, 0.05) is 59.0 Å². The lowest BCUT2D eigenvalue weighted by Gasteiger charge is -2.31. The second kappa shape index (κ2) is 13.0. The average Bonchev–Trinajstić information content (AvgIpc) is 3.18. The van der Waals surface area contributed by atoms with E-state index in [1.807, 2.05) is 43.4 Å². The summed E-state index contributed by atoms with van der Waals surface area (Å²) in [6, 6.07) is 18.2. The van der Waals surface area contributed by atoms with Crippen molar-refractivity contribution >= 4 is 0 Å². The number of aliphatic hydroxyl groups is 1. The van der Waals surface area contributed by atoms with Crippen molar-refractivity contribution in [1.29, 1.82) is 0 Å². The largest absolute Gasteiger partial charge is 0.439 e. The summed E-state index contributed by atoms with van der Waals surface area (Å²) in [4.78, 5) is 4.48. The van der Waals surface area contributed by atoms with Crippen molar-refractivity contribution < 1.29 is 19.3 Å². The van der Waals surface area contributed by atoms with Crippen LogP contribution >= 0.6 is 0 Å². The van der Waals surface area contributed by atoms with Crippen LogP contribution in [-0.2, 0) is 23.1 Å². The summed E-state index contributed by atoms with van der Waals surface area (Å²) in [6.07, 6.45) is -0.488. The zero-order chi connectivity index (χ0) is 25.3. The fourth-order valence-electron chi connectivity index (χ4n) is 4.56. The minimum absolute atomic E-state index is 0.488. The molecular formula is C28H38N4O4. The molecule has 0 spiro atoms. The van der Waals surface area contributed by atoms with Crippen LogP contribution in [0.15, 0.2) is 54.6 Å². The lowest BCUT2D eigenvalue weighted by atomic mass is 10.1. The van der Waals surface area contributed by atoms with Gasteiger partial charge in [0.1, 0.15) is 11.4 Å². The van der Waals surface area contributed by atoms with E-state index in [4.69, 9.17) is 19.3 Å². The first kappa shape index (κ1) is 26.3. The van der Waals surface area contributed by atoms with Crippen molar-refractivity contribution in [1.82, 2.24) is 19.6 Å². The normalized spacial score (nSPS) is 15.4. The highest BCUT2D eigenvalue weighted by Gasteiger charge is 2.24. The third-order valence-electron chi connectivity index (χ3n) is 6.37. The predicted octanol–water partition coefficient (Wildman–Crippen LogP) is 3.33. The van der Waals surface area contributed by atoms with Crippen LogP contribution in [0.5, 0.6) is 11.6 Å². The van der Waals surface area contributed by atoms with E-state index in [0.29, 0.717) is 38.7 Å². The van der Waals surface area contributed by atoms with Crippen molar-refractivity contribution in [2.75, 3.05) is 59.7 Å². The number of aryl methyl sites for hydroxylation is 2. The molecule has 1 aliphatic rings. The van der Waals surface area contributed by atoms with Gasteiger partial charge in [-0.1, -0.05) is 42.5 Å². The maximum absolute atomic E-state index is 11.0. The fraction of sp³-hybridized carbons (Fsp3) is 0.464. The van der Waals surface area contributed by atoms with E-state index in [1.165, 1.54) is 0 Å². The molecule has 2 heterocycles. The molecule has 8 nitrogen and oxygen atoms in total. The summed E-state index contributed by atoms with van der Waals surface area (Å²) in [5.41, 5.74) is 4.03. The van der Waals surface area contributed by atoms with Crippen molar-refractivity contribution in [2.45, 2.75) is 19.6 Å². The monoisotopic (exact) mass is 494 g/mol. The van der Waals surface area contributed by atoms with E-state index in [2.05, 4.69) is 34.9 Å². The number of morpholine rings is 1. The van der Waals surface area contributed by atoms with Crippen LogP contribution in [0, 0.1) is 6.92 Å². The lowest BCUT2D eigenvalue weighted by molar-refractivity contribution is 0.00434. The van der Waals surface area contributed by atoms with Gasteiger partial charge >= 0.3 is 0 Å². The molecule has 194 valence electrons. The Morgan fingerprint density at radius 3 is 2.61 bits per heavy atom. The Morgan fingerprint density at radius 2 is 1.89 bits per heavy atom. The summed E-state index contributed by atoms with van der Waals surface area (Å²) >= 11 is 0. The predicted molar refractivity (Wildman–Crippen MR) is 140 cm³/mol. The van der Waals surface area contributed by atoms with Crippen LogP contribution in [0.25, 0.3) is 11.3 Å². The maximum Gasteiger partial charge on any atom is 0.222 e. The van der Waals surface area contributed by atoms with E-state index in [-0.39, 0.29) is 0 Å². The summed E-state index contributed by atoms with van der Waals surface area (Å²) in [5.74, 6) is 1.47. The van der Waals surface area contributed by atoms with Gasteiger partial charge in [-0.2, -0.15) is 5.10 Å². The molecule has 3 aromatic rings. The van der Waals surface area contributed by atoms with Crippen LogP contribution in [0.4, 0.5) is 0 Å². The number of methoxy groups -OCH3 is 1. The second-order valence-electron chi connectivity index (χ2n) is 9.34. The molecule has 8 heteroatoms. The van der Waals surface area contributed by atoms with Crippen molar-refractivity contribution in [3.8, 4) is 22.9 Å². The summed E-state index contributed by atoms with van der Waals surface area (Å²) in [7, 11) is 3.61. The molecule has 0 bridgehead atoms. The van der Waals surface area contributed by atoms with Crippen LogP contribution in [0.2, 0.25) is 0 Å². The second-order valence-corrected chi connectivity index (χ2v) is 9.34. The van der Waals surface area contributed by atoms with Crippen LogP contribution in [-0.4, -0.2) is 90.4 Å². The summed E-state index contributed by atoms with van der Waals surface area (Å²) in [6.45, 7) is 8.16. The maximum atomic E-state index is 11.0. The molecule has 1 N–H and O–H groups in total. The van der Waals surface area contributed by atoms with E-state index in [0.717, 1.165) is 54.4 Å². The zero-order valence-electron chi connectivity index (χ0n) is 21.6. The van der Waals surface area contributed by atoms with Crippen molar-refractivity contribution in [3.63, 3.8) is 0 Å². The Morgan fingerprint density at radius 1 is 1.11 bits per heavy atom. The lowest BCUT2D eigenvalue weighted by Crippen LogP contribution is -2.45. The molecule has 1 fully saturated rings. The fourth-order valence-corrected chi connectivity index (χ4v) is 4.56. The molecule has 0 aliphatic carbocycles. The first-order valence-corrected chi connectivity index (χ1v) is 12.6. The number of ether oxygens (including phenoxy) is 3. The van der Waals surface area contributed by atoms with Gasteiger partial charge < -0.3 is 19.3 Å². The first-order chi connectivity index (χ1) is 17.5. The number of β-amino-alcohol motifs (C(OH)–C–C–N with tert-alkyl or cyclic N) is 1. The van der Waals surface area contributed by atoms with E-state index < -0.39 is 6.10 Å². The molecule has 2 aromatic carbocycles. The molecule has 1 saturated heterocycles. The summed E-state index contributed by atoms with van der Waals surface area (Å²) in [5, 5.41) is 15.8. The highest BCUT2D eigenvalue weighted by molar-refractivity contribution is 5.65. The standard InChI is InChI=1S/C28H38N4O4/c1-22-8-7-11-25(18-22)36-28-26(27(29-30(28)2)23-9-5-4-6-10-23)21-32(12-15-34-3)20-24(33)19-31-13-16-35-17-14-31/h4-11,18,24,33H,12-17,19-21H2,1-3H3/t24-/m1/s1. The quantitative estimate of drug-likeness (QED) is 0.414. The molecule has 36 heavy (non-hydrogen) atoms. The van der Waals surface area contributed by atoms with E-state index >= 15 is 0 Å². The molecule has 0 amide bonds. The number of aliphatic hydroxyl groups excluding tert-OH is 1. The van der Waals surface area contributed by atoms with Gasteiger partial charge in [0.2, 0.25) is 5.88 Å².